The Kier molecular flexibility index (Phi) is 4.42. The first kappa shape index (κ1) is 13.1. The SMILES string of the molecule is C[C@H]1C[C@H](C)CN(CCNC(=O)c2ccoc2)C1. The summed E-state index contributed by atoms with van der Waals surface area (Å²) in [7, 11) is 0. The van der Waals surface area contributed by atoms with Gasteiger partial charge >= 0.3 is 0 Å². The second kappa shape index (κ2) is 6.05. The van der Waals surface area contributed by atoms with Crippen LogP contribution in [0, 0.1) is 11.8 Å². The van der Waals surface area contributed by atoms with Crippen molar-refractivity contribution in [1.29, 1.82) is 0 Å². The Hall–Kier alpha value is -1.29. The molecule has 2 rings (SSSR count). The van der Waals surface area contributed by atoms with Crippen molar-refractivity contribution in [2.45, 2.75) is 20.3 Å². The molecule has 1 amide bonds. The minimum absolute atomic E-state index is 0.0538. The fourth-order valence-corrected chi connectivity index (χ4v) is 2.80. The summed E-state index contributed by atoms with van der Waals surface area (Å²) in [5, 5.41) is 2.92. The van der Waals surface area contributed by atoms with Gasteiger partial charge in [-0.2, -0.15) is 0 Å². The molecule has 0 bridgehead atoms. The fraction of sp³-hybridized carbons (Fsp3) is 0.643. The summed E-state index contributed by atoms with van der Waals surface area (Å²) in [6.45, 7) is 8.51. The molecule has 1 aromatic heterocycles. The summed E-state index contributed by atoms with van der Waals surface area (Å²) in [6, 6.07) is 1.68. The molecular formula is C14H22N2O2. The first-order valence-electron chi connectivity index (χ1n) is 6.68. The van der Waals surface area contributed by atoms with Crippen molar-refractivity contribution in [2.75, 3.05) is 26.2 Å². The van der Waals surface area contributed by atoms with Gasteiger partial charge in [0.25, 0.3) is 5.91 Å². The molecule has 1 aliphatic heterocycles. The van der Waals surface area contributed by atoms with Crippen molar-refractivity contribution >= 4 is 5.91 Å². The first-order chi connectivity index (χ1) is 8.65. The maximum Gasteiger partial charge on any atom is 0.254 e. The van der Waals surface area contributed by atoms with Crippen molar-refractivity contribution in [3.8, 4) is 0 Å². The monoisotopic (exact) mass is 250 g/mol. The van der Waals surface area contributed by atoms with E-state index in [0.29, 0.717) is 12.1 Å². The molecule has 2 heterocycles. The lowest BCUT2D eigenvalue weighted by molar-refractivity contribution is 0.0936. The van der Waals surface area contributed by atoms with Crippen molar-refractivity contribution in [1.82, 2.24) is 10.2 Å². The summed E-state index contributed by atoms with van der Waals surface area (Å²) >= 11 is 0. The van der Waals surface area contributed by atoms with Crippen LogP contribution >= 0.6 is 0 Å². The Balaban J connectivity index is 1.70. The normalized spacial score (nSPS) is 25.0. The summed E-state index contributed by atoms with van der Waals surface area (Å²) in [5.41, 5.74) is 0.593. The zero-order valence-corrected chi connectivity index (χ0v) is 11.2. The molecule has 4 nitrogen and oxygen atoms in total. The van der Waals surface area contributed by atoms with E-state index in [2.05, 4.69) is 24.1 Å². The number of likely N-dealkylation sites (tertiary alicyclic amines) is 1. The zero-order valence-electron chi connectivity index (χ0n) is 11.2. The number of hydrogen-bond donors (Lipinski definition) is 1. The fourth-order valence-electron chi connectivity index (χ4n) is 2.80. The number of furan rings is 1. The Morgan fingerprint density at radius 1 is 1.44 bits per heavy atom. The van der Waals surface area contributed by atoms with Crippen LogP contribution in [0.25, 0.3) is 0 Å². The summed E-state index contributed by atoms with van der Waals surface area (Å²) < 4.78 is 4.89. The minimum Gasteiger partial charge on any atom is -0.472 e. The number of amides is 1. The lowest BCUT2D eigenvalue weighted by atomic mass is 9.92. The predicted octanol–water partition coefficient (Wildman–Crippen LogP) is 1.99. The molecule has 18 heavy (non-hydrogen) atoms. The highest BCUT2D eigenvalue weighted by atomic mass is 16.3. The average molecular weight is 250 g/mol. The topological polar surface area (TPSA) is 45.5 Å². The van der Waals surface area contributed by atoms with Gasteiger partial charge in [0, 0.05) is 26.2 Å². The van der Waals surface area contributed by atoms with Gasteiger partial charge in [-0.15, -0.1) is 0 Å². The number of carbonyl (C=O) groups excluding carboxylic acids is 1. The molecule has 100 valence electrons. The number of carbonyl (C=O) groups is 1. The van der Waals surface area contributed by atoms with E-state index in [1.807, 2.05) is 0 Å². The quantitative estimate of drug-likeness (QED) is 0.889. The Labute approximate surface area is 108 Å². The van der Waals surface area contributed by atoms with E-state index < -0.39 is 0 Å². The Bertz CT molecular complexity index is 365. The van der Waals surface area contributed by atoms with Crippen LogP contribution in [0.5, 0.6) is 0 Å². The van der Waals surface area contributed by atoms with Gasteiger partial charge in [-0.25, -0.2) is 0 Å². The summed E-state index contributed by atoms with van der Waals surface area (Å²) in [6.07, 6.45) is 4.31. The molecule has 4 heteroatoms. The third-order valence-electron chi connectivity index (χ3n) is 3.44. The maximum atomic E-state index is 11.7. The number of piperidine rings is 1. The molecule has 1 N–H and O–H groups in total. The molecule has 0 aromatic carbocycles. The first-order valence-corrected chi connectivity index (χ1v) is 6.68. The van der Waals surface area contributed by atoms with Crippen LogP contribution in [-0.4, -0.2) is 37.0 Å². The van der Waals surface area contributed by atoms with Crippen LogP contribution in [-0.2, 0) is 0 Å². The summed E-state index contributed by atoms with van der Waals surface area (Å²) in [4.78, 5) is 14.1. The second-order valence-electron chi connectivity index (χ2n) is 5.47. The molecule has 1 saturated heterocycles. The molecule has 0 radical (unpaired) electrons. The van der Waals surface area contributed by atoms with E-state index in [1.54, 1.807) is 6.07 Å². The van der Waals surface area contributed by atoms with Crippen molar-refractivity contribution in [2.24, 2.45) is 11.8 Å². The smallest absolute Gasteiger partial charge is 0.254 e. The largest absolute Gasteiger partial charge is 0.472 e. The van der Waals surface area contributed by atoms with E-state index in [0.717, 1.165) is 31.5 Å². The van der Waals surface area contributed by atoms with Crippen LogP contribution in [0.1, 0.15) is 30.6 Å². The Morgan fingerprint density at radius 3 is 2.78 bits per heavy atom. The van der Waals surface area contributed by atoms with E-state index in [4.69, 9.17) is 4.42 Å². The van der Waals surface area contributed by atoms with E-state index in [9.17, 15) is 4.79 Å². The van der Waals surface area contributed by atoms with Gasteiger partial charge in [0.1, 0.15) is 6.26 Å². The number of nitrogens with one attached hydrogen (secondary N) is 1. The number of rotatable bonds is 4. The molecule has 0 aliphatic carbocycles. The second-order valence-corrected chi connectivity index (χ2v) is 5.47. The molecule has 0 spiro atoms. The summed E-state index contributed by atoms with van der Waals surface area (Å²) in [5.74, 6) is 1.47. The van der Waals surface area contributed by atoms with E-state index >= 15 is 0 Å². The Morgan fingerprint density at radius 2 is 2.17 bits per heavy atom. The van der Waals surface area contributed by atoms with Crippen molar-refractivity contribution < 1.29 is 9.21 Å². The molecule has 1 aromatic rings. The lowest BCUT2D eigenvalue weighted by Gasteiger charge is -2.34. The maximum absolute atomic E-state index is 11.7. The van der Waals surface area contributed by atoms with Crippen LogP contribution < -0.4 is 5.32 Å². The van der Waals surface area contributed by atoms with Crippen molar-refractivity contribution in [3.05, 3.63) is 24.2 Å². The van der Waals surface area contributed by atoms with E-state index in [-0.39, 0.29) is 5.91 Å². The van der Waals surface area contributed by atoms with Gasteiger partial charge in [0.2, 0.25) is 0 Å². The number of hydrogen-bond acceptors (Lipinski definition) is 3. The predicted molar refractivity (Wildman–Crippen MR) is 70.4 cm³/mol. The van der Waals surface area contributed by atoms with Crippen LogP contribution in [0.15, 0.2) is 23.0 Å². The molecule has 2 atom stereocenters. The third-order valence-corrected chi connectivity index (χ3v) is 3.44. The van der Waals surface area contributed by atoms with Crippen molar-refractivity contribution in [3.63, 3.8) is 0 Å². The van der Waals surface area contributed by atoms with Gasteiger partial charge in [0.05, 0.1) is 11.8 Å². The molecule has 1 fully saturated rings. The average Bonchev–Trinajstić information content (AvgIpc) is 2.80. The minimum atomic E-state index is -0.0538. The van der Waals surface area contributed by atoms with Gasteiger partial charge in [-0.05, 0) is 24.3 Å². The third kappa shape index (κ3) is 3.60. The lowest BCUT2D eigenvalue weighted by Crippen LogP contribution is -2.42. The molecule has 0 saturated carbocycles. The van der Waals surface area contributed by atoms with Gasteiger partial charge < -0.3 is 14.6 Å². The highest BCUT2D eigenvalue weighted by molar-refractivity contribution is 5.93. The standard InChI is InChI=1S/C14H22N2O2/c1-11-7-12(2)9-16(8-11)5-4-15-14(17)13-3-6-18-10-13/h3,6,10-12H,4-5,7-9H2,1-2H3,(H,15,17)/t11-,12-/m0/s1. The highest BCUT2D eigenvalue weighted by Gasteiger charge is 2.21. The molecule has 1 aliphatic rings. The molecular weight excluding hydrogens is 228 g/mol. The van der Waals surface area contributed by atoms with Crippen LogP contribution in [0.4, 0.5) is 0 Å². The van der Waals surface area contributed by atoms with Gasteiger partial charge in [-0.3, -0.25) is 4.79 Å². The zero-order chi connectivity index (χ0) is 13.0. The van der Waals surface area contributed by atoms with Crippen LogP contribution in [0.2, 0.25) is 0 Å². The van der Waals surface area contributed by atoms with E-state index in [1.165, 1.54) is 18.9 Å². The molecule has 0 unspecified atom stereocenters. The van der Waals surface area contributed by atoms with Gasteiger partial charge in [-0.1, -0.05) is 13.8 Å². The van der Waals surface area contributed by atoms with Gasteiger partial charge in [0.15, 0.2) is 0 Å². The number of nitrogens with zero attached hydrogens (tertiary/aromatic N) is 1. The highest BCUT2D eigenvalue weighted by Crippen LogP contribution is 2.20. The van der Waals surface area contributed by atoms with Crippen LogP contribution in [0.3, 0.4) is 0 Å².